The molecule has 0 saturated heterocycles. The predicted octanol–water partition coefficient (Wildman–Crippen LogP) is 4.37. The SMILES string of the molecule is CN(Cc1ccc(-n2cccn2)cc1)S(=O)(=O)c1ccc(Cl)c(C(F)(F)F)c1. The van der Waals surface area contributed by atoms with E-state index >= 15 is 0 Å². The summed E-state index contributed by atoms with van der Waals surface area (Å²) in [6.07, 6.45) is -1.34. The monoisotopic (exact) mass is 429 g/mol. The summed E-state index contributed by atoms with van der Waals surface area (Å²) < 4.78 is 67.1. The Morgan fingerprint density at radius 2 is 1.82 bits per heavy atom. The Bertz CT molecular complexity index is 1070. The normalized spacial score (nSPS) is 12.5. The third-order valence-corrected chi connectivity index (χ3v) is 6.19. The third kappa shape index (κ3) is 4.21. The number of alkyl halides is 3. The van der Waals surface area contributed by atoms with E-state index in [0.29, 0.717) is 11.6 Å². The number of nitrogens with zero attached hydrogens (tertiary/aromatic N) is 3. The van der Waals surface area contributed by atoms with E-state index in [1.54, 1.807) is 47.4 Å². The number of rotatable bonds is 5. The maximum atomic E-state index is 13.0. The van der Waals surface area contributed by atoms with Gasteiger partial charge >= 0.3 is 6.18 Å². The van der Waals surface area contributed by atoms with E-state index in [2.05, 4.69) is 5.10 Å². The molecule has 0 saturated carbocycles. The summed E-state index contributed by atoms with van der Waals surface area (Å²) >= 11 is 5.56. The Labute approximate surface area is 165 Å². The highest BCUT2D eigenvalue weighted by Gasteiger charge is 2.35. The molecule has 5 nitrogen and oxygen atoms in total. The standard InChI is InChI=1S/C18H15ClF3N3O2S/c1-24(12-13-3-5-14(6-4-13)25-10-2-9-23-25)28(26,27)15-7-8-17(19)16(11-15)18(20,21)22/h2-11H,12H2,1H3. The Hall–Kier alpha value is -2.36. The summed E-state index contributed by atoms with van der Waals surface area (Å²) in [7, 11) is -2.83. The fraction of sp³-hybridized carbons (Fsp3) is 0.167. The fourth-order valence-corrected chi connectivity index (χ4v) is 3.99. The molecule has 10 heteroatoms. The minimum Gasteiger partial charge on any atom is -0.241 e. The van der Waals surface area contributed by atoms with E-state index in [1.165, 1.54) is 7.05 Å². The van der Waals surface area contributed by atoms with Gasteiger partial charge < -0.3 is 0 Å². The van der Waals surface area contributed by atoms with Crippen LogP contribution in [0.3, 0.4) is 0 Å². The lowest BCUT2D eigenvalue weighted by molar-refractivity contribution is -0.137. The van der Waals surface area contributed by atoms with Gasteiger partial charge in [-0.05, 0) is 42.0 Å². The van der Waals surface area contributed by atoms with E-state index < -0.39 is 31.7 Å². The minimum atomic E-state index is -4.75. The Morgan fingerprint density at radius 1 is 1.14 bits per heavy atom. The van der Waals surface area contributed by atoms with Crippen molar-refractivity contribution in [3.05, 3.63) is 77.1 Å². The van der Waals surface area contributed by atoms with Crippen LogP contribution in [0.2, 0.25) is 5.02 Å². The van der Waals surface area contributed by atoms with Crippen LogP contribution in [-0.2, 0) is 22.7 Å². The van der Waals surface area contributed by atoms with Gasteiger partial charge in [0, 0.05) is 26.0 Å². The molecule has 3 rings (SSSR count). The van der Waals surface area contributed by atoms with E-state index in [0.717, 1.165) is 22.1 Å². The van der Waals surface area contributed by atoms with Crippen molar-refractivity contribution in [3.63, 3.8) is 0 Å². The van der Waals surface area contributed by atoms with Gasteiger partial charge in [0.15, 0.2) is 0 Å². The molecule has 0 bridgehead atoms. The molecule has 0 radical (unpaired) electrons. The quantitative estimate of drug-likeness (QED) is 0.605. The Morgan fingerprint density at radius 3 is 2.39 bits per heavy atom. The average molecular weight is 430 g/mol. The van der Waals surface area contributed by atoms with Gasteiger partial charge in [0.2, 0.25) is 10.0 Å². The largest absolute Gasteiger partial charge is 0.417 e. The van der Waals surface area contributed by atoms with Crippen molar-refractivity contribution in [2.75, 3.05) is 7.05 Å². The zero-order chi connectivity index (χ0) is 20.5. The second-order valence-corrected chi connectivity index (χ2v) is 8.47. The number of aromatic nitrogens is 2. The van der Waals surface area contributed by atoms with Crippen molar-refractivity contribution in [2.24, 2.45) is 0 Å². The van der Waals surface area contributed by atoms with Crippen LogP contribution in [0.15, 0.2) is 65.8 Å². The van der Waals surface area contributed by atoms with Crippen LogP contribution in [-0.4, -0.2) is 29.6 Å². The highest BCUT2D eigenvalue weighted by Crippen LogP contribution is 2.36. The van der Waals surface area contributed by atoms with Crippen LogP contribution < -0.4 is 0 Å². The van der Waals surface area contributed by atoms with Crippen molar-refractivity contribution >= 4 is 21.6 Å². The van der Waals surface area contributed by atoms with Gasteiger partial charge in [0.25, 0.3) is 0 Å². The molecular formula is C18H15ClF3N3O2S. The summed E-state index contributed by atoms with van der Waals surface area (Å²) in [5.41, 5.74) is 0.283. The van der Waals surface area contributed by atoms with Crippen LogP contribution in [0.1, 0.15) is 11.1 Å². The molecule has 0 aliphatic carbocycles. The molecule has 0 aliphatic heterocycles. The van der Waals surface area contributed by atoms with Crippen molar-refractivity contribution in [1.29, 1.82) is 0 Å². The Kier molecular flexibility index (Phi) is 5.51. The molecule has 0 amide bonds. The molecule has 2 aromatic carbocycles. The molecule has 0 N–H and O–H groups in total. The molecule has 28 heavy (non-hydrogen) atoms. The van der Waals surface area contributed by atoms with Crippen LogP contribution >= 0.6 is 11.6 Å². The van der Waals surface area contributed by atoms with Crippen LogP contribution in [0, 0.1) is 0 Å². The molecule has 3 aromatic rings. The van der Waals surface area contributed by atoms with E-state index in [1.807, 2.05) is 0 Å². The van der Waals surface area contributed by atoms with Gasteiger partial charge in [-0.2, -0.15) is 22.6 Å². The van der Waals surface area contributed by atoms with Crippen LogP contribution in [0.5, 0.6) is 0 Å². The summed E-state index contributed by atoms with van der Waals surface area (Å²) in [5, 5.41) is 3.55. The lowest BCUT2D eigenvalue weighted by Crippen LogP contribution is -2.27. The zero-order valence-electron chi connectivity index (χ0n) is 14.6. The van der Waals surface area contributed by atoms with Gasteiger partial charge in [-0.1, -0.05) is 23.7 Å². The van der Waals surface area contributed by atoms with Crippen molar-refractivity contribution in [2.45, 2.75) is 17.6 Å². The van der Waals surface area contributed by atoms with Gasteiger partial charge in [-0.15, -0.1) is 0 Å². The van der Waals surface area contributed by atoms with E-state index in [9.17, 15) is 21.6 Å². The Balaban J connectivity index is 1.83. The van der Waals surface area contributed by atoms with Crippen molar-refractivity contribution < 1.29 is 21.6 Å². The molecule has 0 spiro atoms. The highest BCUT2D eigenvalue weighted by molar-refractivity contribution is 7.89. The number of benzene rings is 2. The average Bonchev–Trinajstić information content (AvgIpc) is 3.16. The minimum absolute atomic E-state index is 0.00824. The van der Waals surface area contributed by atoms with Crippen LogP contribution in [0.4, 0.5) is 13.2 Å². The molecule has 0 unspecified atom stereocenters. The molecule has 148 valence electrons. The fourth-order valence-electron chi connectivity index (χ4n) is 2.58. The third-order valence-electron chi connectivity index (χ3n) is 4.06. The maximum absolute atomic E-state index is 13.0. The lowest BCUT2D eigenvalue weighted by Gasteiger charge is -2.19. The first kappa shape index (κ1) is 20.4. The summed E-state index contributed by atoms with van der Waals surface area (Å²) in [5.74, 6) is 0. The number of hydrogen-bond acceptors (Lipinski definition) is 3. The molecule has 0 fully saturated rings. The number of hydrogen-bond donors (Lipinski definition) is 0. The van der Waals surface area contributed by atoms with E-state index in [-0.39, 0.29) is 6.54 Å². The van der Waals surface area contributed by atoms with Crippen molar-refractivity contribution in [3.8, 4) is 5.69 Å². The topological polar surface area (TPSA) is 55.2 Å². The first-order chi connectivity index (χ1) is 13.1. The zero-order valence-corrected chi connectivity index (χ0v) is 16.1. The second-order valence-electron chi connectivity index (χ2n) is 6.02. The number of sulfonamides is 1. The summed E-state index contributed by atoms with van der Waals surface area (Å²) in [6, 6.07) is 11.3. The predicted molar refractivity (Wildman–Crippen MR) is 98.7 cm³/mol. The summed E-state index contributed by atoms with van der Waals surface area (Å²) in [4.78, 5) is -0.472. The first-order valence-electron chi connectivity index (χ1n) is 8.01. The van der Waals surface area contributed by atoms with Gasteiger partial charge in [-0.3, -0.25) is 0 Å². The molecule has 0 atom stereocenters. The number of halogens is 4. The van der Waals surface area contributed by atoms with Gasteiger partial charge in [0.05, 0.1) is 21.2 Å². The van der Waals surface area contributed by atoms with E-state index in [4.69, 9.17) is 11.6 Å². The molecule has 0 aliphatic rings. The first-order valence-corrected chi connectivity index (χ1v) is 9.83. The highest BCUT2D eigenvalue weighted by atomic mass is 35.5. The molecule has 1 aromatic heterocycles. The molecular weight excluding hydrogens is 415 g/mol. The van der Waals surface area contributed by atoms with Crippen LogP contribution in [0.25, 0.3) is 5.69 Å². The van der Waals surface area contributed by atoms with Crippen molar-refractivity contribution in [1.82, 2.24) is 14.1 Å². The van der Waals surface area contributed by atoms with Gasteiger partial charge in [-0.25, -0.2) is 13.1 Å². The van der Waals surface area contributed by atoms with Gasteiger partial charge in [0.1, 0.15) is 0 Å². The summed E-state index contributed by atoms with van der Waals surface area (Å²) in [6.45, 7) is -0.00824. The smallest absolute Gasteiger partial charge is 0.241 e. The molecule has 1 heterocycles. The second kappa shape index (κ2) is 7.57. The maximum Gasteiger partial charge on any atom is 0.417 e. The lowest BCUT2D eigenvalue weighted by atomic mass is 10.2.